The van der Waals surface area contributed by atoms with E-state index in [1.807, 2.05) is 7.11 Å². The minimum absolute atomic E-state index is 0.523. The Labute approximate surface area is 106 Å². The summed E-state index contributed by atoms with van der Waals surface area (Å²) in [6.45, 7) is 6.14. The Hall–Kier alpha value is -0.120. The van der Waals surface area contributed by atoms with Crippen LogP contribution in [0.15, 0.2) is 0 Å². The molecule has 1 N–H and O–H groups in total. The zero-order valence-electron chi connectivity index (χ0n) is 11.5. The summed E-state index contributed by atoms with van der Waals surface area (Å²) < 4.78 is 5.33. The Kier molecular flexibility index (Phi) is 5.26. The minimum Gasteiger partial charge on any atom is -0.381 e. The fraction of sp³-hybridized carbons (Fsp3) is 1.00. The second kappa shape index (κ2) is 6.72. The molecule has 0 aromatic carbocycles. The van der Waals surface area contributed by atoms with E-state index in [9.17, 15) is 0 Å². The molecule has 0 bridgehead atoms. The van der Waals surface area contributed by atoms with Crippen molar-refractivity contribution in [3.8, 4) is 0 Å². The van der Waals surface area contributed by atoms with Crippen molar-refractivity contribution in [2.45, 2.75) is 63.6 Å². The normalized spacial score (nSPS) is 35.3. The molecule has 1 aliphatic heterocycles. The molecular formula is C14H28N2O. The van der Waals surface area contributed by atoms with Crippen molar-refractivity contribution in [3.63, 3.8) is 0 Å². The van der Waals surface area contributed by atoms with Gasteiger partial charge in [-0.3, -0.25) is 0 Å². The predicted octanol–water partition coefficient (Wildman–Crippen LogP) is 2.02. The van der Waals surface area contributed by atoms with Crippen molar-refractivity contribution in [3.05, 3.63) is 0 Å². The average molecular weight is 240 g/mol. The SMILES string of the molecule is CCCN1CCCC(NC2CC(OC)C2)CC1. The van der Waals surface area contributed by atoms with Crippen LogP contribution in [0.25, 0.3) is 0 Å². The van der Waals surface area contributed by atoms with Gasteiger partial charge in [0, 0.05) is 19.2 Å². The molecule has 2 fully saturated rings. The van der Waals surface area contributed by atoms with Gasteiger partial charge in [0.25, 0.3) is 0 Å². The van der Waals surface area contributed by atoms with Gasteiger partial charge < -0.3 is 15.0 Å². The quantitative estimate of drug-likeness (QED) is 0.795. The molecule has 1 aliphatic carbocycles. The number of nitrogens with one attached hydrogen (secondary N) is 1. The number of hydrogen-bond donors (Lipinski definition) is 1. The molecule has 3 heteroatoms. The molecule has 0 spiro atoms. The van der Waals surface area contributed by atoms with Crippen LogP contribution in [0.4, 0.5) is 0 Å². The average Bonchev–Trinajstić information content (AvgIpc) is 2.49. The number of nitrogens with zero attached hydrogens (tertiary/aromatic N) is 1. The van der Waals surface area contributed by atoms with E-state index in [0.29, 0.717) is 6.10 Å². The lowest BCUT2D eigenvalue weighted by atomic mass is 9.88. The summed E-state index contributed by atoms with van der Waals surface area (Å²) >= 11 is 0. The Bertz CT molecular complexity index is 216. The van der Waals surface area contributed by atoms with E-state index in [4.69, 9.17) is 4.74 Å². The number of hydrogen-bond acceptors (Lipinski definition) is 3. The number of likely N-dealkylation sites (tertiary alicyclic amines) is 1. The van der Waals surface area contributed by atoms with Crippen molar-refractivity contribution < 1.29 is 4.74 Å². The maximum absolute atomic E-state index is 5.33. The largest absolute Gasteiger partial charge is 0.381 e. The lowest BCUT2D eigenvalue weighted by Gasteiger charge is -2.37. The molecular weight excluding hydrogens is 212 g/mol. The molecule has 0 radical (unpaired) electrons. The Balaban J connectivity index is 1.65. The first-order valence-electron chi connectivity index (χ1n) is 7.33. The van der Waals surface area contributed by atoms with Gasteiger partial charge in [-0.1, -0.05) is 6.92 Å². The van der Waals surface area contributed by atoms with Gasteiger partial charge in [0.1, 0.15) is 0 Å². The highest BCUT2D eigenvalue weighted by atomic mass is 16.5. The van der Waals surface area contributed by atoms with Gasteiger partial charge in [-0.05, 0) is 58.2 Å². The summed E-state index contributed by atoms with van der Waals surface area (Å²) in [4.78, 5) is 2.63. The zero-order valence-corrected chi connectivity index (χ0v) is 11.5. The van der Waals surface area contributed by atoms with Crippen LogP contribution < -0.4 is 5.32 Å². The Morgan fingerprint density at radius 2 is 2.00 bits per heavy atom. The number of ether oxygens (including phenoxy) is 1. The lowest BCUT2D eigenvalue weighted by molar-refractivity contribution is 0.0137. The van der Waals surface area contributed by atoms with E-state index in [2.05, 4.69) is 17.1 Å². The summed E-state index contributed by atoms with van der Waals surface area (Å²) in [5.74, 6) is 0. The van der Waals surface area contributed by atoms with Gasteiger partial charge in [-0.15, -0.1) is 0 Å². The van der Waals surface area contributed by atoms with Crippen LogP contribution in [0.2, 0.25) is 0 Å². The molecule has 17 heavy (non-hydrogen) atoms. The first-order valence-corrected chi connectivity index (χ1v) is 7.33. The fourth-order valence-electron chi connectivity index (χ4n) is 3.09. The Morgan fingerprint density at radius 1 is 1.18 bits per heavy atom. The smallest absolute Gasteiger partial charge is 0.0601 e. The molecule has 3 nitrogen and oxygen atoms in total. The van der Waals surface area contributed by atoms with E-state index in [1.165, 1.54) is 58.2 Å². The third kappa shape index (κ3) is 3.94. The minimum atomic E-state index is 0.523. The maximum Gasteiger partial charge on any atom is 0.0601 e. The third-order valence-electron chi connectivity index (χ3n) is 4.26. The molecule has 1 atom stereocenters. The molecule has 2 aliphatic rings. The van der Waals surface area contributed by atoms with Crippen LogP contribution in [-0.4, -0.2) is 49.8 Å². The highest BCUT2D eigenvalue weighted by molar-refractivity contribution is 4.89. The van der Waals surface area contributed by atoms with Gasteiger partial charge in [0.05, 0.1) is 6.10 Å². The van der Waals surface area contributed by atoms with Crippen LogP contribution in [-0.2, 0) is 4.74 Å². The zero-order chi connectivity index (χ0) is 12.1. The van der Waals surface area contributed by atoms with Crippen molar-refractivity contribution in [1.82, 2.24) is 10.2 Å². The van der Waals surface area contributed by atoms with Crippen LogP contribution >= 0.6 is 0 Å². The molecule has 1 saturated carbocycles. The highest BCUT2D eigenvalue weighted by Crippen LogP contribution is 2.24. The summed E-state index contributed by atoms with van der Waals surface area (Å²) in [7, 11) is 1.83. The first kappa shape index (κ1) is 13.3. The maximum atomic E-state index is 5.33. The van der Waals surface area contributed by atoms with Crippen LogP contribution in [0, 0.1) is 0 Å². The van der Waals surface area contributed by atoms with Gasteiger partial charge in [0.2, 0.25) is 0 Å². The van der Waals surface area contributed by atoms with Crippen molar-refractivity contribution in [2.75, 3.05) is 26.7 Å². The monoisotopic (exact) mass is 240 g/mol. The number of rotatable bonds is 5. The lowest BCUT2D eigenvalue weighted by Crippen LogP contribution is -2.49. The molecule has 0 amide bonds. The standard InChI is InChI=1S/C14H28N2O/c1-3-7-16-8-4-5-12(6-9-16)15-13-10-14(11-13)17-2/h12-15H,3-11H2,1-2H3. The van der Waals surface area contributed by atoms with Crippen LogP contribution in [0.5, 0.6) is 0 Å². The number of methoxy groups -OCH3 is 1. The predicted molar refractivity (Wildman–Crippen MR) is 71.3 cm³/mol. The first-order chi connectivity index (χ1) is 8.31. The highest BCUT2D eigenvalue weighted by Gasteiger charge is 2.30. The summed E-state index contributed by atoms with van der Waals surface area (Å²) in [5, 5.41) is 3.82. The summed E-state index contributed by atoms with van der Waals surface area (Å²) in [6.07, 6.45) is 8.28. The molecule has 1 unspecified atom stereocenters. The van der Waals surface area contributed by atoms with Gasteiger partial charge >= 0.3 is 0 Å². The van der Waals surface area contributed by atoms with Crippen molar-refractivity contribution in [2.24, 2.45) is 0 Å². The Morgan fingerprint density at radius 3 is 2.71 bits per heavy atom. The molecule has 1 saturated heterocycles. The van der Waals surface area contributed by atoms with E-state index in [-0.39, 0.29) is 0 Å². The van der Waals surface area contributed by atoms with Crippen LogP contribution in [0.3, 0.4) is 0 Å². The van der Waals surface area contributed by atoms with Gasteiger partial charge in [-0.25, -0.2) is 0 Å². The second-order valence-corrected chi connectivity index (χ2v) is 5.66. The topological polar surface area (TPSA) is 24.5 Å². The van der Waals surface area contributed by atoms with E-state index in [1.54, 1.807) is 0 Å². The summed E-state index contributed by atoms with van der Waals surface area (Å²) in [6, 6.07) is 1.47. The van der Waals surface area contributed by atoms with E-state index in [0.717, 1.165) is 12.1 Å². The molecule has 0 aromatic heterocycles. The molecule has 0 aromatic rings. The van der Waals surface area contributed by atoms with E-state index < -0.39 is 0 Å². The summed E-state index contributed by atoms with van der Waals surface area (Å²) in [5.41, 5.74) is 0. The van der Waals surface area contributed by atoms with Crippen LogP contribution in [0.1, 0.15) is 45.4 Å². The van der Waals surface area contributed by atoms with Crippen molar-refractivity contribution in [1.29, 1.82) is 0 Å². The van der Waals surface area contributed by atoms with Gasteiger partial charge in [-0.2, -0.15) is 0 Å². The van der Waals surface area contributed by atoms with Gasteiger partial charge in [0.15, 0.2) is 0 Å². The molecule has 100 valence electrons. The molecule has 2 rings (SSSR count). The fourth-order valence-corrected chi connectivity index (χ4v) is 3.09. The third-order valence-corrected chi connectivity index (χ3v) is 4.26. The molecule has 1 heterocycles. The second-order valence-electron chi connectivity index (χ2n) is 5.66. The van der Waals surface area contributed by atoms with E-state index >= 15 is 0 Å². The van der Waals surface area contributed by atoms with Crippen molar-refractivity contribution >= 4 is 0 Å².